The highest BCUT2D eigenvalue weighted by Gasteiger charge is 2.12. The van der Waals surface area contributed by atoms with Gasteiger partial charge in [0, 0.05) is 23.3 Å². The molecule has 0 fully saturated rings. The highest BCUT2D eigenvalue weighted by atomic mass is 19.1. The minimum Gasteiger partial charge on any atom is -0.478 e. The van der Waals surface area contributed by atoms with Crippen molar-refractivity contribution in [3.05, 3.63) is 65.7 Å². The molecule has 3 aromatic rings. The van der Waals surface area contributed by atoms with Gasteiger partial charge in [-0.05, 0) is 35.9 Å². The molecule has 1 aromatic carbocycles. The second-order valence-corrected chi connectivity index (χ2v) is 4.51. The smallest absolute Gasteiger partial charge is 0.336 e. The summed E-state index contributed by atoms with van der Waals surface area (Å²) in [6.07, 6.45) is 4.91. The Bertz CT molecular complexity index is 835. The lowest BCUT2D eigenvalue weighted by atomic mass is 10.0. The fourth-order valence-electron chi connectivity index (χ4n) is 2.15. The van der Waals surface area contributed by atoms with Crippen LogP contribution in [0.3, 0.4) is 0 Å². The number of carbonyl (C=O) groups is 1. The first-order valence-electron chi connectivity index (χ1n) is 6.28. The number of H-pyrrole nitrogens is 1. The van der Waals surface area contributed by atoms with Gasteiger partial charge < -0.3 is 10.1 Å². The molecule has 0 aliphatic carbocycles. The van der Waals surface area contributed by atoms with E-state index in [2.05, 4.69) is 9.97 Å². The van der Waals surface area contributed by atoms with E-state index in [1.54, 1.807) is 24.5 Å². The van der Waals surface area contributed by atoms with E-state index in [1.165, 1.54) is 24.3 Å². The molecule has 0 atom stereocenters. The first-order valence-corrected chi connectivity index (χ1v) is 6.28. The molecule has 5 heteroatoms. The Morgan fingerprint density at radius 2 is 2.00 bits per heavy atom. The van der Waals surface area contributed by atoms with E-state index in [9.17, 15) is 14.3 Å². The molecule has 0 unspecified atom stereocenters. The van der Waals surface area contributed by atoms with Gasteiger partial charge in [0.1, 0.15) is 11.5 Å². The number of pyridine rings is 1. The molecule has 0 aliphatic heterocycles. The van der Waals surface area contributed by atoms with E-state index in [-0.39, 0.29) is 5.57 Å². The van der Waals surface area contributed by atoms with E-state index >= 15 is 0 Å². The summed E-state index contributed by atoms with van der Waals surface area (Å²) < 4.78 is 13.0. The molecule has 0 spiro atoms. The van der Waals surface area contributed by atoms with Crippen LogP contribution in [0.5, 0.6) is 0 Å². The van der Waals surface area contributed by atoms with Crippen LogP contribution in [0.4, 0.5) is 4.39 Å². The number of carboxylic acid groups (broad SMARTS) is 1. The summed E-state index contributed by atoms with van der Waals surface area (Å²) in [5.41, 5.74) is 1.95. The number of fused-ring (bicyclic) bond motifs is 1. The normalized spacial score (nSPS) is 11.8. The van der Waals surface area contributed by atoms with E-state index in [0.717, 1.165) is 10.9 Å². The number of aromatic nitrogens is 2. The minimum absolute atomic E-state index is 0.0970. The topological polar surface area (TPSA) is 66.0 Å². The number of hydrogen-bond acceptors (Lipinski definition) is 2. The van der Waals surface area contributed by atoms with Gasteiger partial charge in [0.25, 0.3) is 0 Å². The van der Waals surface area contributed by atoms with Crippen LogP contribution in [0.2, 0.25) is 0 Å². The zero-order chi connectivity index (χ0) is 14.8. The summed E-state index contributed by atoms with van der Waals surface area (Å²) in [6, 6.07) is 9.01. The molecule has 0 saturated heterocycles. The minimum atomic E-state index is -1.07. The van der Waals surface area contributed by atoms with E-state index in [1.807, 2.05) is 6.07 Å². The van der Waals surface area contributed by atoms with Crippen molar-refractivity contribution in [2.24, 2.45) is 0 Å². The third-order valence-electron chi connectivity index (χ3n) is 3.17. The SMILES string of the molecule is O=C(O)C(=Cc1c[nH]c2ncccc12)c1ccc(F)cc1. The van der Waals surface area contributed by atoms with Crippen molar-refractivity contribution >= 4 is 28.7 Å². The lowest BCUT2D eigenvalue weighted by Crippen LogP contribution is -1.99. The number of nitrogens with zero attached hydrogens (tertiary/aromatic N) is 1. The predicted octanol–water partition coefficient (Wildman–Crippen LogP) is 3.33. The van der Waals surface area contributed by atoms with E-state index < -0.39 is 11.8 Å². The molecular formula is C16H11FN2O2. The number of nitrogens with one attached hydrogen (secondary N) is 1. The highest BCUT2D eigenvalue weighted by molar-refractivity contribution is 6.21. The zero-order valence-corrected chi connectivity index (χ0v) is 10.9. The molecule has 0 radical (unpaired) electrons. The highest BCUT2D eigenvalue weighted by Crippen LogP contribution is 2.23. The average Bonchev–Trinajstić information content (AvgIpc) is 2.89. The molecule has 0 saturated carbocycles. The number of aromatic amines is 1. The Morgan fingerprint density at radius 1 is 1.24 bits per heavy atom. The summed E-state index contributed by atoms with van der Waals surface area (Å²) in [7, 11) is 0. The molecule has 21 heavy (non-hydrogen) atoms. The van der Waals surface area contributed by atoms with Crippen LogP contribution < -0.4 is 0 Å². The third-order valence-corrected chi connectivity index (χ3v) is 3.17. The van der Waals surface area contributed by atoms with Crippen molar-refractivity contribution in [3.8, 4) is 0 Å². The van der Waals surface area contributed by atoms with Gasteiger partial charge in [-0.15, -0.1) is 0 Å². The van der Waals surface area contributed by atoms with E-state index in [0.29, 0.717) is 11.2 Å². The second-order valence-electron chi connectivity index (χ2n) is 4.51. The molecule has 104 valence electrons. The van der Waals surface area contributed by atoms with Crippen molar-refractivity contribution in [2.75, 3.05) is 0 Å². The van der Waals surface area contributed by atoms with Crippen LogP contribution in [-0.2, 0) is 4.79 Å². The molecule has 0 bridgehead atoms. The molecule has 2 heterocycles. The molecule has 4 nitrogen and oxygen atoms in total. The Labute approximate surface area is 119 Å². The maximum atomic E-state index is 13.0. The first kappa shape index (κ1) is 13.1. The van der Waals surface area contributed by atoms with Crippen LogP contribution in [0.15, 0.2) is 48.8 Å². The van der Waals surface area contributed by atoms with Crippen molar-refractivity contribution < 1.29 is 14.3 Å². The fourth-order valence-corrected chi connectivity index (χ4v) is 2.15. The van der Waals surface area contributed by atoms with Gasteiger partial charge in [-0.3, -0.25) is 0 Å². The van der Waals surface area contributed by atoms with Gasteiger partial charge in [-0.1, -0.05) is 12.1 Å². The molecule has 2 aromatic heterocycles. The lowest BCUT2D eigenvalue weighted by Gasteiger charge is -2.02. The zero-order valence-electron chi connectivity index (χ0n) is 10.9. The molecule has 2 N–H and O–H groups in total. The predicted molar refractivity (Wildman–Crippen MR) is 78.0 cm³/mol. The van der Waals surface area contributed by atoms with Crippen LogP contribution in [0.25, 0.3) is 22.7 Å². The third kappa shape index (κ3) is 2.53. The van der Waals surface area contributed by atoms with E-state index in [4.69, 9.17) is 0 Å². The summed E-state index contributed by atoms with van der Waals surface area (Å²) in [4.78, 5) is 18.6. The van der Waals surface area contributed by atoms with Crippen molar-refractivity contribution in [3.63, 3.8) is 0 Å². The fraction of sp³-hybridized carbons (Fsp3) is 0. The lowest BCUT2D eigenvalue weighted by molar-refractivity contribution is -0.130. The molecule has 0 amide bonds. The molecule has 0 aliphatic rings. The van der Waals surface area contributed by atoms with Gasteiger partial charge in [-0.2, -0.15) is 0 Å². The van der Waals surface area contributed by atoms with Crippen LogP contribution >= 0.6 is 0 Å². The molecular weight excluding hydrogens is 271 g/mol. The quantitative estimate of drug-likeness (QED) is 0.724. The van der Waals surface area contributed by atoms with Gasteiger partial charge in [-0.25, -0.2) is 14.2 Å². The summed E-state index contributed by atoms with van der Waals surface area (Å²) >= 11 is 0. The largest absolute Gasteiger partial charge is 0.478 e. The Kier molecular flexibility index (Phi) is 3.23. The van der Waals surface area contributed by atoms with Crippen LogP contribution in [0.1, 0.15) is 11.1 Å². The summed E-state index contributed by atoms with van der Waals surface area (Å²) in [5, 5.41) is 10.2. The Morgan fingerprint density at radius 3 is 2.71 bits per heavy atom. The van der Waals surface area contributed by atoms with Crippen LogP contribution in [-0.4, -0.2) is 21.0 Å². The van der Waals surface area contributed by atoms with Gasteiger partial charge >= 0.3 is 5.97 Å². The average molecular weight is 282 g/mol. The number of benzene rings is 1. The monoisotopic (exact) mass is 282 g/mol. The van der Waals surface area contributed by atoms with Gasteiger partial charge in [0.2, 0.25) is 0 Å². The molecule has 3 rings (SSSR count). The standard InChI is InChI=1S/C16H11FN2O2/c17-12-5-3-10(4-6-12)14(16(20)21)8-11-9-19-15-13(11)2-1-7-18-15/h1-9H,(H,18,19)(H,20,21). The number of carboxylic acids is 1. The Balaban J connectivity index is 2.13. The van der Waals surface area contributed by atoms with Crippen molar-refractivity contribution in [1.29, 1.82) is 0 Å². The number of rotatable bonds is 3. The number of hydrogen-bond donors (Lipinski definition) is 2. The van der Waals surface area contributed by atoms with Gasteiger partial charge in [0.15, 0.2) is 0 Å². The van der Waals surface area contributed by atoms with Gasteiger partial charge in [0.05, 0.1) is 5.57 Å². The van der Waals surface area contributed by atoms with Crippen LogP contribution in [0, 0.1) is 5.82 Å². The maximum Gasteiger partial charge on any atom is 0.336 e. The Hall–Kier alpha value is -2.95. The summed E-state index contributed by atoms with van der Waals surface area (Å²) in [6.45, 7) is 0. The second kappa shape index (κ2) is 5.20. The van der Waals surface area contributed by atoms with Crippen molar-refractivity contribution in [1.82, 2.24) is 9.97 Å². The summed E-state index contributed by atoms with van der Waals surface area (Å²) in [5.74, 6) is -1.47. The first-order chi connectivity index (χ1) is 10.1. The number of aliphatic carboxylic acids is 1. The van der Waals surface area contributed by atoms with Crippen molar-refractivity contribution in [2.45, 2.75) is 0 Å². The maximum absolute atomic E-state index is 13.0. The number of halogens is 1.